The lowest BCUT2D eigenvalue weighted by molar-refractivity contribution is 0.191. The number of rotatable bonds is 3. The minimum Gasteiger partial charge on any atom is -0.367 e. The number of piperazine rings is 1. The first-order valence-corrected chi connectivity index (χ1v) is 10.0. The fourth-order valence-electron chi connectivity index (χ4n) is 3.70. The van der Waals surface area contributed by atoms with E-state index < -0.39 is 0 Å². The summed E-state index contributed by atoms with van der Waals surface area (Å²) in [6.07, 6.45) is 0. The number of halogens is 1. The molecule has 1 N–H and O–H groups in total. The van der Waals surface area contributed by atoms with Gasteiger partial charge in [-0.3, -0.25) is 9.69 Å². The minimum absolute atomic E-state index is 0.00702. The summed E-state index contributed by atoms with van der Waals surface area (Å²) in [6, 6.07) is 6.90. The van der Waals surface area contributed by atoms with Crippen molar-refractivity contribution in [3.63, 3.8) is 0 Å². The van der Waals surface area contributed by atoms with Crippen LogP contribution in [0, 0.1) is 19.7 Å². The molecule has 3 aromatic rings. The van der Waals surface area contributed by atoms with Crippen molar-refractivity contribution < 1.29 is 4.39 Å². The standard InChI is InChI=1S/C20H23FN4OS/c1-12-14(3)27-20-17(12)19(26)22-18(23-20)13(2)24-8-10-25(11-9-24)16-7-5-4-6-15(16)21/h4-7,13H,8-11H2,1-3H3,(H,22,23,26). The molecule has 7 heteroatoms. The lowest BCUT2D eigenvalue weighted by Crippen LogP contribution is -2.47. The Morgan fingerprint density at radius 3 is 2.59 bits per heavy atom. The van der Waals surface area contributed by atoms with Gasteiger partial charge >= 0.3 is 0 Å². The predicted octanol–water partition coefficient (Wildman–Crippen LogP) is 3.62. The number of nitrogens with one attached hydrogen (secondary N) is 1. The van der Waals surface area contributed by atoms with Crippen LogP contribution >= 0.6 is 11.3 Å². The average Bonchev–Trinajstić information content (AvgIpc) is 2.96. The van der Waals surface area contributed by atoms with Crippen molar-refractivity contribution in [2.75, 3.05) is 31.1 Å². The maximum absolute atomic E-state index is 14.0. The number of hydrogen-bond acceptors (Lipinski definition) is 5. The Morgan fingerprint density at radius 1 is 1.19 bits per heavy atom. The summed E-state index contributed by atoms with van der Waals surface area (Å²) in [5.41, 5.74) is 1.61. The highest BCUT2D eigenvalue weighted by Gasteiger charge is 2.25. The van der Waals surface area contributed by atoms with Gasteiger partial charge in [-0.1, -0.05) is 12.1 Å². The highest BCUT2D eigenvalue weighted by molar-refractivity contribution is 7.18. The largest absolute Gasteiger partial charge is 0.367 e. The van der Waals surface area contributed by atoms with E-state index in [2.05, 4.69) is 21.7 Å². The maximum Gasteiger partial charge on any atom is 0.259 e. The molecule has 1 saturated heterocycles. The molecule has 0 aliphatic carbocycles. The number of hydrogen-bond donors (Lipinski definition) is 1. The molecule has 3 heterocycles. The number of anilines is 1. The van der Waals surface area contributed by atoms with Crippen LogP contribution in [0.25, 0.3) is 10.2 Å². The number of aryl methyl sites for hydroxylation is 2. The Hall–Kier alpha value is -2.25. The fourth-order valence-corrected chi connectivity index (χ4v) is 4.74. The van der Waals surface area contributed by atoms with E-state index in [1.165, 1.54) is 6.07 Å². The number of benzene rings is 1. The maximum atomic E-state index is 14.0. The first-order valence-electron chi connectivity index (χ1n) is 9.19. The lowest BCUT2D eigenvalue weighted by atomic mass is 10.2. The van der Waals surface area contributed by atoms with Crippen molar-refractivity contribution in [2.24, 2.45) is 0 Å². The Labute approximate surface area is 161 Å². The molecule has 0 saturated carbocycles. The molecule has 2 aromatic heterocycles. The van der Waals surface area contributed by atoms with Gasteiger partial charge in [0.05, 0.1) is 17.1 Å². The zero-order valence-electron chi connectivity index (χ0n) is 15.8. The number of fused-ring (bicyclic) bond motifs is 1. The van der Waals surface area contributed by atoms with Crippen LogP contribution in [-0.4, -0.2) is 41.0 Å². The van der Waals surface area contributed by atoms with Crippen LogP contribution < -0.4 is 10.5 Å². The van der Waals surface area contributed by atoms with E-state index >= 15 is 0 Å². The molecule has 4 rings (SSSR count). The van der Waals surface area contributed by atoms with E-state index in [1.807, 2.05) is 26.0 Å². The third-order valence-electron chi connectivity index (χ3n) is 5.51. The highest BCUT2D eigenvalue weighted by Crippen LogP contribution is 2.28. The van der Waals surface area contributed by atoms with Gasteiger partial charge in [0, 0.05) is 31.1 Å². The fraction of sp³-hybridized carbons (Fsp3) is 0.400. The van der Waals surface area contributed by atoms with Crippen molar-refractivity contribution in [3.05, 3.63) is 56.7 Å². The monoisotopic (exact) mass is 386 g/mol. The lowest BCUT2D eigenvalue weighted by Gasteiger charge is -2.38. The van der Waals surface area contributed by atoms with Crippen LogP contribution in [0.1, 0.15) is 29.2 Å². The van der Waals surface area contributed by atoms with Gasteiger partial charge in [0.25, 0.3) is 5.56 Å². The summed E-state index contributed by atoms with van der Waals surface area (Å²) >= 11 is 1.57. The van der Waals surface area contributed by atoms with Gasteiger partial charge in [-0.05, 0) is 38.5 Å². The summed E-state index contributed by atoms with van der Waals surface area (Å²) in [4.78, 5) is 26.5. The molecule has 0 amide bonds. The molecule has 1 unspecified atom stereocenters. The Balaban J connectivity index is 1.53. The van der Waals surface area contributed by atoms with Crippen molar-refractivity contribution in [1.82, 2.24) is 14.9 Å². The van der Waals surface area contributed by atoms with Crippen LogP contribution in [-0.2, 0) is 0 Å². The van der Waals surface area contributed by atoms with Crippen molar-refractivity contribution >= 4 is 27.2 Å². The first kappa shape index (κ1) is 18.1. The summed E-state index contributed by atoms with van der Waals surface area (Å²) in [5, 5.41) is 0.706. The number of nitrogens with zero attached hydrogens (tertiary/aromatic N) is 3. The van der Waals surface area contributed by atoms with E-state index in [0.717, 1.165) is 41.5 Å². The Kier molecular flexibility index (Phi) is 4.74. The van der Waals surface area contributed by atoms with Crippen LogP contribution in [0.2, 0.25) is 0 Å². The van der Waals surface area contributed by atoms with E-state index in [9.17, 15) is 9.18 Å². The van der Waals surface area contributed by atoms with Crippen molar-refractivity contribution in [1.29, 1.82) is 0 Å². The molecule has 1 fully saturated rings. The second-order valence-corrected chi connectivity index (χ2v) is 8.27. The zero-order chi connectivity index (χ0) is 19.1. The summed E-state index contributed by atoms with van der Waals surface area (Å²) in [5.74, 6) is 0.520. The number of para-hydroxylation sites is 1. The molecule has 0 spiro atoms. The quantitative estimate of drug-likeness (QED) is 0.747. The molecule has 1 atom stereocenters. The van der Waals surface area contributed by atoms with Gasteiger partial charge < -0.3 is 9.88 Å². The van der Waals surface area contributed by atoms with Crippen LogP contribution in [0.4, 0.5) is 10.1 Å². The normalized spacial score (nSPS) is 16.8. The van der Waals surface area contributed by atoms with Crippen molar-refractivity contribution in [3.8, 4) is 0 Å². The molecule has 1 aliphatic rings. The van der Waals surface area contributed by atoms with E-state index in [4.69, 9.17) is 4.98 Å². The summed E-state index contributed by atoms with van der Waals surface area (Å²) < 4.78 is 14.0. The summed E-state index contributed by atoms with van der Waals surface area (Å²) in [7, 11) is 0. The van der Waals surface area contributed by atoms with E-state index in [0.29, 0.717) is 16.9 Å². The molecule has 0 bridgehead atoms. The number of thiophene rings is 1. The third kappa shape index (κ3) is 3.26. The van der Waals surface area contributed by atoms with Gasteiger partial charge in [0.2, 0.25) is 0 Å². The van der Waals surface area contributed by atoms with Gasteiger partial charge in [-0.25, -0.2) is 9.37 Å². The van der Waals surface area contributed by atoms with E-state index in [-0.39, 0.29) is 17.4 Å². The molecular formula is C20H23FN4OS. The van der Waals surface area contributed by atoms with Gasteiger partial charge in [-0.2, -0.15) is 0 Å². The average molecular weight is 386 g/mol. The number of H-pyrrole nitrogens is 1. The first-order chi connectivity index (χ1) is 13.0. The zero-order valence-corrected chi connectivity index (χ0v) is 16.6. The Morgan fingerprint density at radius 2 is 1.89 bits per heavy atom. The highest BCUT2D eigenvalue weighted by atomic mass is 32.1. The van der Waals surface area contributed by atoms with Crippen molar-refractivity contribution in [2.45, 2.75) is 26.8 Å². The molecule has 1 aromatic carbocycles. The van der Waals surface area contributed by atoms with Gasteiger partial charge in [0.1, 0.15) is 16.5 Å². The molecule has 0 radical (unpaired) electrons. The van der Waals surface area contributed by atoms with Crippen LogP contribution in [0.15, 0.2) is 29.1 Å². The number of aromatic amines is 1. The van der Waals surface area contributed by atoms with Crippen LogP contribution in [0.5, 0.6) is 0 Å². The van der Waals surface area contributed by atoms with Gasteiger partial charge in [-0.15, -0.1) is 11.3 Å². The molecular weight excluding hydrogens is 363 g/mol. The molecule has 5 nitrogen and oxygen atoms in total. The Bertz CT molecular complexity index is 1040. The van der Waals surface area contributed by atoms with Gasteiger partial charge in [0.15, 0.2) is 0 Å². The topological polar surface area (TPSA) is 52.2 Å². The predicted molar refractivity (Wildman–Crippen MR) is 108 cm³/mol. The molecule has 142 valence electrons. The van der Waals surface area contributed by atoms with E-state index in [1.54, 1.807) is 17.4 Å². The number of aromatic nitrogens is 2. The third-order valence-corrected chi connectivity index (χ3v) is 6.61. The van der Waals surface area contributed by atoms with Crippen LogP contribution in [0.3, 0.4) is 0 Å². The SMILES string of the molecule is Cc1sc2nc(C(C)N3CCN(c4ccccc4F)CC3)[nH]c(=O)c2c1C. The summed E-state index contributed by atoms with van der Waals surface area (Å²) in [6.45, 7) is 9.13. The minimum atomic E-state index is -0.182. The molecule has 27 heavy (non-hydrogen) atoms. The second kappa shape index (κ2) is 7.05. The smallest absolute Gasteiger partial charge is 0.259 e. The second-order valence-electron chi connectivity index (χ2n) is 7.06. The molecule has 1 aliphatic heterocycles.